The molecule has 0 saturated carbocycles. The van der Waals surface area contributed by atoms with E-state index >= 15 is 0 Å². The van der Waals surface area contributed by atoms with Crippen molar-refractivity contribution < 1.29 is 18.7 Å². The maximum absolute atomic E-state index is 13.7. The van der Waals surface area contributed by atoms with Crippen molar-refractivity contribution in [1.29, 1.82) is 0 Å². The molecule has 154 valence electrons. The van der Waals surface area contributed by atoms with Gasteiger partial charge in [-0.1, -0.05) is 30.3 Å². The molecule has 0 aromatic heterocycles. The maximum atomic E-state index is 13.7. The summed E-state index contributed by atoms with van der Waals surface area (Å²) in [7, 11) is 1.58. The SMILES string of the molecule is COCCNC(=O)C1CC(c2ccc(F)c(C)c2)CN(C(=O)c2ccccc2)C1. The zero-order valence-corrected chi connectivity index (χ0v) is 16.9. The Balaban J connectivity index is 1.83. The van der Waals surface area contributed by atoms with Crippen molar-refractivity contribution in [3.8, 4) is 0 Å². The molecule has 0 bridgehead atoms. The normalized spacial score (nSPS) is 19.1. The highest BCUT2D eigenvalue weighted by Crippen LogP contribution is 2.32. The van der Waals surface area contributed by atoms with Crippen LogP contribution < -0.4 is 5.32 Å². The van der Waals surface area contributed by atoms with Crippen LogP contribution in [0, 0.1) is 18.7 Å². The van der Waals surface area contributed by atoms with E-state index in [-0.39, 0.29) is 29.5 Å². The lowest BCUT2D eigenvalue weighted by molar-refractivity contribution is -0.126. The first-order chi connectivity index (χ1) is 14.0. The maximum Gasteiger partial charge on any atom is 0.253 e. The van der Waals surface area contributed by atoms with Crippen molar-refractivity contribution in [2.75, 3.05) is 33.4 Å². The number of amides is 2. The molecule has 1 aliphatic heterocycles. The molecule has 2 amide bonds. The number of ether oxygens (including phenoxy) is 1. The lowest BCUT2D eigenvalue weighted by atomic mass is 9.83. The van der Waals surface area contributed by atoms with Gasteiger partial charge in [0.05, 0.1) is 12.5 Å². The molecule has 5 nitrogen and oxygen atoms in total. The monoisotopic (exact) mass is 398 g/mol. The summed E-state index contributed by atoms with van der Waals surface area (Å²) in [5.74, 6) is -0.798. The molecule has 1 N–H and O–H groups in total. The molecule has 2 aromatic rings. The van der Waals surface area contributed by atoms with Gasteiger partial charge in [0, 0.05) is 38.2 Å². The fraction of sp³-hybridized carbons (Fsp3) is 0.391. The molecule has 29 heavy (non-hydrogen) atoms. The minimum Gasteiger partial charge on any atom is -0.383 e. The van der Waals surface area contributed by atoms with Crippen molar-refractivity contribution in [1.82, 2.24) is 10.2 Å². The quantitative estimate of drug-likeness (QED) is 0.761. The van der Waals surface area contributed by atoms with Gasteiger partial charge in [-0.05, 0) is 42.7 Å². The molecule has 0 aliphatic carbocycles. The van der Waals surface area contributed by atoms with E-state index in [1.165, 1.54) is 6.07 Å². The van der Waals surface area contributed by atoms with Crippen LogP contribution in [-0.2, 0) is 9.53 Å². The van der Waals surface area contributed by atoms with Crippen LogP contribution in [0.2, 0.25) is 0 Å². The number of methoxy groups -OCH3 is 1. The number of rotatable bonds is 6. The lowest BCUT2D eigenvalue weighted by Crippen LogP contribution is -2.48. The summed E-state index contributed by atoms with van der Waals surface area (Å²) >= 11 is 0. The summed E-state index contributed by atoms with van der Waals surface area (Å²) in [6, 6.07) is 14.1. The Bertz CT molecular complexity index is 856. The second-order valence-electron chi connectivity index (χ2n) is 7.50. The highest BCUT2D eigenvalue weighted by molar-refractivity contribution is 5.94. The van der Waals surface area contributed by atoms with Crippen LogP contribution in [0.3, 0.4) is 0 Å². The molecule has 3 rings (SSSR count). The number of likely N-dealkylation sites (tertiary alicyclic amines) is 1. The molecule has 1 aliphatic rings. The third-order valence-electron chi connectivity index (χ3n) is 5.39. The summed E-state index contributed by atoms with van der Waals surface area (Å²) in [6.45, 7) is 3.46. The minimum atomic E-state index is -0.330. The van der Waals surface area contributed by atoms with Crippen molar-refractivity contribution >= 4 is 11.8 Å². The van der Waals surface area contributed by atoms with Gasteiger partial charge in [0.15, 0.2) is 0 Å². The Morgan fingerprint density at radius 3 is 2.62 bits per heavy atom. The van der Waals surface area contributed by atoms with E-state index in [1.807, 2.05) is 24.3 Å². The highest BCUT2D eigenvalue weighted by atomic mass is 19.1. The van der Waals surface area contributed by atoms with Crippen LogP contribution in [0.4, 0.5) is 4.39 Å². The van der Waals surface area contributed by atoms with Gasteiger partial charge in [-0.2, -0.15) is 0 Å². The molecule has 2 unspecified atom stereocenters. The number of halogens is 1. The van der Waals surface area contributed by atoms with Crippen LogP contribution in [0.25, 0.3) is 0 Å². The van der Waals surface area contributed by atoms with E-state index in [9.17, 15) is 14.0 Å². The molecule has 0 spiro atoms. The van der Waals surface area contributed by atoms with E-state index in [0.717, 1.165) is 5.56 Å². The first-order valence-electron chi connectivity index (χ1n) is 9.86. The average Bonchev–Trinajstić information content (AvgIpc) is 2.75. The molecule has 2 aromatic carbocycles. The van der Waals surface area contributed by atoms with Crippen LogP contribution in [0.5, 0.6) is 0 Å². The summed E-state index contributed by atoms with van der Waals surface area (Å²) in [4.78, 5) is 27.5. The molecule has 2 atom stereocenters. The number of nitrogens with zero attached hydrogens (tertiary/aromatic N) is 1. The number of aryl methyl sites for hydroxylation is 1. The topological polar surface area (TPSA) is 58.6 Å². The third-order valence-corrected chi connectivity index (χ3v) is 5.39. The van der Waals surface area contributed by atoms with E-state index < -0.39 is 0 Å². The minimum absolute atomic E-state index is 0.0334. The number of benzene rings is 2. The number of nitrogens with one attached hydrogen (secondary N) is 1. The Kier molecular flexibility index (Phi) is 6.99. The first kappa shape index (κ1) is 21.0. The second-order valence-corrected chi connectivity index (χ2v) is 7.50. The molecular formula is C23H27FN2O3. The van der Waals surface area contributed by atoms with Gasteiger partial charge in [-0.25, -0.2) is 4.39 Å². The third kappa shape index (κ3) is 5.21. The van der Waals surface area contributed by atoms with Crippen molar-refractivity contribution in [3.63, 3.8) is 0 Å². The summed E-state index contributed by atoms with van der Waals surface area (Å²) in [5, 5.41) is 2.88. The van der Waals surface area contributed by atoms with Crippen LogP contribution in [0.15, 0.2) is 48.5 Å². The fourth-order valence-electron chi connectivity index (χ4n) is 3.80. The zero-order chi connectivity index (χ0) is 20.8. The predicted molar refractivity (Wildman–Crippen MR) is 109 cm³/mol. The van der Waals surface area contributed by atoms with Gasteiger partial charge >= 0.3 is 0 Å². The zero-order valence-electron chi connectivity index (χ0n) is 16.9. The van der Waals surface area contributed by atoms with Crippen molar-refractivity contribution in [3.05, 3.63) is 71.0 Å². The van der Waals surface area contributed by atoms with E-state index in [1.54, 1.807) is 37.1 Å². The molecule has 1 fully saturated rings. The highest BCUT2D eigenvalue weighted by Gasteiger charge is 2.34. The van der Waals surface area contributed by atoms with E-state index in [4.69, 9.17) is 4.74 Å². The molecule has 6 heteroatoms. The van der Waals surface area contributed by atoms with E-state index in [2.05, 4.69) is 5.32 Å². The van der Waals surface area contributed by atoms with Gasteiger partial charge in [0.2, 0.25) is 5.91 Å². The largest absolute Gasteiger partial charge is 0.383 e. The van der Waals surface area contributed by atoms with Gasteiger partial charge in [0.25, 0.3) is 5.91 Å². The van der Waals surface area contributed by atoms with Gasteiger partial charge in [-0.15, -0.1) is 0 Å². The second kappa shape index (κ2) is 9.65. The van der Waals surface area contributed by atoms with Gasteiger partial charge < -0.3 is 15.0 Å². The first-order valence-corrected chi connectivity index (χ1v) is 9.86. The lowest BCUT2D eigenvalue weighted by Gasteiger charge is -2.37. The Hall–Kier alpha value is -2.73. The van der Waals surface area contributed by atoms with Crippen molar-refractivity contribution in [2.24, 2.45) is 5.92 Å². The molecule has 1 heterocycles. The van der Waals surface area contributed by atoms with Crippen LogP contribution in [0.1, 0.15) is 33.8 Å². The number of piperidine rings is 1. The smallest absolute Gasteiger partial charge is 0.253 e. The van der Waals surface area contributed by atoms with Gasteiger partial charge in [-0.3, -0.25) is 9.59 Å². The number of carbonyl (C=O) groups excluding carboxylic acids is 2. The van der Waals surface area contributed by atoms with E-state index in [0.29, 0.717) is 43.8 Å². The number of hydrogen-bond donors (Lipinski definition) is 1. The Morgan fingerprint density at radius 1 is 1.17 bits per heavy atom. The summed E-state index contributed by atoms with van der Waals surface area (Å²) in [5.41, 5.74) is 2.11. The predicted octanol–water partition coefficient (Wildman–Crippen LogP) is 3.14. The number of carbonyl (C=O) groups is 2. The fourth-order valence-corrected chi connectivity index (χ4v) is 3.80. The molecule has 0 radical (unpaired) electrons. The van der Waals surface area contributed by atoms with Crippen LogP contribution >= 0.6 is 0 Å². The molecular weight excluding hydrogens is 371 g/mol. The Labute approximate surface area is 170 Å². The number of hydrogen-bond acceptors (Lipinski definition) is 3. The standard InChI is InChI=1S/C23H27FN2O3/c1-16-12-18(8-9-21(16)24)19-13-20(22(27)25-10-11-29-2)15-26(14-19)23(28)17-6-4-3-5-7-17/h3-9,12,19-20H,10-11,13-15H2,1-2H3,(H,25,27). The summed E-state index contributed by atoms with van der Waals surface area (Å²) < 4.78 is 18.7. The summed E-state index contributed by atoms with van der Waals surface area (Å²) in [6.07, 6.45) is 0.614. The average molecular weight is 398 g/mol. The Morgan fingerprint density at radius 2 is 1.93 bits per heavy atom. The molecule has 1 saturated heterocycles. The van der Waals surface area contributed by atoms with Crippen molar-refractivity contribution in [2.45, 2.75) is 19.3 Å². The van der Waals surface area contributed by atoms with Gasteiger partial charge in [0.1, 0.15) is 5.82 Å². The van der Waals surface area contributed by atoms with Crippen LogP contribution in [-0.4, -0.2) is 50.1 Å².